The van der Waals surface area contributed by atoms with Gasteiger partial charge < -0.3 is 10.2 Å². The number of aryl methyl sites for hydroxylation is 1. The van der Waals surface area contributed by atoms with Crippen LogP contribution in [0.5, 0.6) is 0 Å². The van der Waals surface area contributed by atoms with Crippen molar-refractivity contribution in [2.45, 2.75) is 38.8 Å². The van der Waals surface area contributed by atoms with Crippen molar-refractivity contribution in [3.63, 3.8) is 0 Å². The first kappa shape index (κ1) is 16.1. The van der Waals surface area contributed by atoms with E-state index in [2.05, 4.69) is 25.8 Å². The van der Waals surface area contributed by atoms with Crippen LogP contribution in [-0.4, -0.2) is 44.2 Å². The number of hydrogen-bond donors (Lipinski definition) is 1. The van der Waals surface area contributed by atoms with Gasteiger partial charge in [0.15, 0.2) is 0 Å². The van der Waals surface area contributed by atoms with Crippen LogP contribution in [0, 0.1) is 0 Å². The molecular weight excluding hydrogens is 308 g/mol. The van der Waals surface area contributed by atoms with Crippen LogP contribution in [0.1, 0.15) is 26.2 Å². The molecule has 24 heavy (non-hydrogen) atoms. The quantitative estimate of drug-likeness (QED) is 0.775. The summed E-state index contributed by atoms with van der Waals surface area (Å²) >= 11 is 0. The number of unbranched alkanes of at least 4 members (excludes halogenated alkanes) is 1. The van der Waals surface area contributed by atoms with E-state index in [1.165, 1.54) is 0 Å². The van der Waals surface area contributed by atoms with Gasteiger partial charge in [0.25, 0.3) is 5.91 Å². The molecule has 8 nitrogen and oxygen atoms in total. The van der Waals surface area contributed by atoms with Crippen molar-refractivity contribution in [1.82, 2.24) is 25.3 Å². The summed E-state index contributed by atoms with van der Waals surface area (Å²) in [6.07, 6.45) is 5.47. The van der Waals surface area contributed by atoms with Crippen molar-refractivity contribution < 1.29 is 9.63 Å². The molecule has 8 heteroatoms. The van der Waals surface area contributed by atoms with Gasteiger partial charge in [-0.15, -0.1) is 5.10 Å². The first-order valence-corrected chi connectivity index (χ1v) is 8.01. The molecule has 1 N–H and O–H groups in total. The standard InChI is InChI=1S/C16H20N6O2/c1-12-10-15(24-20-12)16(23)18-8-4-5-9-22-11-14(19-21-22)13-6-2-3-7-17-13/h2-3,6-7,11,15H,4-5,8-10H2,1H3,(H,18,23). The van der Waals surface area contributed by atoms with Crippen molar-refractivity contribution >= 4 is 11.6 Å². The number of pyridine rings is 1. The Morgan fingerprint density at radius 1 is 1.38 bits per heavy atom. The lowest BCUT2D eigenvalue weighted by molar-refractivity contribution is -0.131. The predicted octanol–water partition coefficient (Wildman–Crippen LogP) is 1.40. The molecule has 2 aromatic heterocycles. The predicted molar refractivity (Wildman–Crippen MR) is 88.1 cm³/mol. The molecule has 0 bridgehead atoms. The molecule has 1 amide bonds. The number of hydrogen-bond acceptors (Lipinski definition) is 6. The SMILES string of the molecule is CC1=NOC(C(=O)NCCCCn2cc(-c3ccccn3)nn2)C1. The molecule has 0 fully saturated rings. The van der Waals surface area contributed by atoms with E-state index in [0.29, 0.717) is 13.0 Å². The normalized spacial score (nSPS) is 16.5. The summed E-state index contributed by atoms with van der Waals surface area (Å²) in [6, 6.07) is 5.69. The van der Waals surface area contributed by atoms with Crippen LogP contribution in [0.4, 0.5) is 0 Å². The number of rotatable bonds is 7. The zero-order chi connectivity index (χ0) is 16.8. The maximum atomic E-state index is 11.8. The van der Waals surface area contributed by atoms with E-state index in [4.69, 9.17) is 4.84 Å². The number of carbonyl (C=O) groups is 1. The molecule has 0 saturated heterocycles. The van der Waals surface area contributed by atoms with Crippen LogP contribution in [-0.2, 0) is 16.2 Å². The lowest BCUT2D eigenvalue weighted by Crippen LogP contribution is -2.35. The van der Waals surface area contributed by atoms with E-state index in [9.17, 15) is 4.79 Å². The lowest BCUT2D eigenvalue weighted by Gasteiger charge is -2.09. The zero-order valence-electron chi connectivity index (χ0n) is 13.6. The van der Waals surface area contributed by atoms with E-state index in [0.717, 1.165) is 36.5 Å². The maximum Gasteiger partial charge on any atom is 0.264 e. The number of oxime groups is 1. The lowest BCUT2D eigenvalue weighted by atomic mass is 10.2. The Balaban J connectivity index is 1.35. The van der Waals surface area contributed by atoms with Crippen LogP contribution in [0.25, 0.3) is 11.4 Å². The van der Waals surface area contributed by atoms with Crippen molar-refractivity contribution in [1.29, 1.82) is 0 Å². The highest BCUT2D eigenvalue weighted by molar-refractivity contribution is 5.91. The molecule has 3 rings (SSSR count). The van der Waals surface area contributed by atoms with Gasteiger partial charge in [-0.1, -0.05) is 16.4 Å². The summed E-state index contributed by atoms with van der Waals surface area (Å²) in [5, 5.41) is 14.9. The molecule has 0 aromatic carbocycles. The van der Waals surface area contributed by atoms with Gasteiger partial charge in [-0.25, -0.2) is 0 Å². The van der Waals surface area contributed by atoms with Crippen molar-refractivity contribution in [3.05, 3.63) is 30.6 Å². The molecule has 0 spiro atoms. The second-order valence-corrected chi connectivity index (χ2v) is 5.70. The minimum atomic E-state index is -0.471. The fourth-order valence-electron chi connectivity index (χ4n) is 2.40. The average molecular weight is 328 g/mol. The molecule has 1 atom stereocenters. The van der Waals surface area contributed by atoms with E-state index >= 15 is 0 Å². The zero-order valence-corrected chi connectivity index (χ0v) is 13.6. The van der Waals surface area contributed by atoms with Crippen LogP contribution in [0.2, 0.25) is 0 Å². The fourth-order valence-corrected chi connectivity index (χ4v) is 2.40. The third-order valence-electron chi connectivity index (χ3n) is 3.69. The van der Waals surface area contributed by atoms with Gasteiger partial charge in [-0.3, -0.25) is 14.5 Å². The van der Waals surface area contributed by atoms with E-state index < -0.39 is 6.10 Å². The van der Waals surface area contributed by atoms with Gasteiger partial charge in [0.2, 0.25) is 6.10 Å². The summed E-state index contributed by atoms with van der Waals surface area (Å²) in [5.74, 6) is -0.103. The van der Waals surface area contributed by atoms with Crippen LogP contribution in [0.3, 0.4) is 0 Å². The second-order valence-electron chi connectivity index (χ2n) is 5.70. The Bertz CT molecular complexity index is 712. The molecule has 1 unspecified atom stereocenters. The Kier molecular flexibility index (Phi) is 5.15. The van der Waals surface area contributed by atoms with Crippen LogP contribution >= 0.6 is 0 Å². The Labute approximate surface area is 139 Å². The number of carbonyl (C=O) groups excluding carboxylic acids is 1. The summed E-state index contributed by atoms with van der Waals surface area (Å²) in [5.41, 5.74) is 2.42. The highest BCUT2D eigenvalue weighted by Gasteiger charge is 2.25. The van der Waals surface area contributed by atoms with Gasteiger partial charge in [-0.2, -0.15) is 0 Å². The van der Waals surface area contributed by atoms with Crippen molar-refractivity contribution in [3.8, 4) is 11.4 Å². The molecule has 0 radical (unpaired) electrons. The molecule has 0 aliphatic carbocycles. The number of amides is 1. The summed E-state index contributed by atoms with van der Waals surface area (Å²) < 4.78 is 1.79. The van der Waals surface area contributed by atoms with Crippen molar-refractivity contribution in [2.24, 2.45) is 5.16 Å². The summed E-state index contributed by atoms with van der Waals surface area (Å²) in [7, 11) is 0. The van der Waals surface area contributed by atoms with Gasteiger partial charge in [0.05, 0.1) is 17.6 Å². The van der Waals surface area contributed by atoms with Crippen molar-refractivity contribution in [2.75, 3.05) is 6.54 Å². The van der Waals surface area contributed by atoms with E-state index in [-0.39, 0.29) is 5.91 Å². The van der Waals surface area contributed by atoms with Gasteiger partial charge in [0.1, 0.15) is 5.69 Å². The van der Waals surface area contributed by atoms with Gasteiger partial charge >= 0.3 is 0 Å². The topological polar surface area (TPSA) is 94.3 Å². The molecular formula is C16H20N6O2. The first-order valence-electron chi connectivity index (χ1n) is 8.01. The smallest absolute Gasteiger partial charge is 0.264 e. The van der Waals surface area contributed by atoms with Gasteiger partial charge in [-0.05, 0) is 31.9 Å². The maximum absolute atomic E-state index is 11.8. The summed E-state index contributed by atoms with van der Waals surface area (Å²) in [6.45, 7) is 3.21. The monoisotopic (exact) mass is 328 g/mol. The Morgan fingerprint density at radius 2 is 2.29 bits per heavy atom. The Hall–Kier alpha value is -2.77. The first-order chi connectivity index (χ1) is 11.7. The molecule has 126 valence electrons. The number of nitrogens with zero attached hydrogens (tertiary/aromatic N) is 5. The average Bonchev–Trinajstić information content (AvgIpc) is 3.24. The molecule has 1 aliphatic rings. The molecule has 2 aromatic rings. The Morgan fingerprint density at radius 3 is 3.04 bits per heavy atom. The highest BCUT2D eigenvalue weighted by atomic mass is 16.6. The van der Waals surface area contributed by atoms with Crippen LogP contribution in [0.15, 0.2) is 35.7 Å². The minimum absolute atomic E-state index is 0.103. The largest absolute Gasteiger partial charge is 0.382 e. The third-order valence-corrected chi connectivity index (χ3v) is 3.69. The van der Waals surface area contributed by atoms with E-state index in [1.54, 1.807) is 10.9 Å². The third kappa shape index (κ3) is 4.15. The second kappa shape index (κ2) is 7.67. The number of aromatic nitrogens is 4. The van der Waals surface area contributed by atoms with Crippen LogP contribution < -0.4 is 5.32 Å². The number of nitrogens with one attached hydrogen (secondary N) is 1. The summed E-state index contributed by atoms with van der Waals surface area (Å²) in [4.78, 5) is 21.1. The minimum Gasteiger partial charge on any atom is -0.382 e. The van der Waals surface area contributed by atoms with E-state index in [1.807, 2.05) is 31.3 Å². The fraction of sp³-hybridized carbons (Fsp3) is 0.438. The molecule has 3 heterocycles. The highest BCUT2D eigenvalue weighted by Crippen LogP contribution is 2.12. The van der Waals surface area contributed by atoms with Gasteiger partial charge in [0, 0.05) is 25.7 Å². The molecule has 1 aliphatic heterocycles. The molecule has 0 saturated carbocycles.